The lowest BCUT2D eigenvalue weighted by molar-refractivity contribution is -0.258. The Bertz CT molecular complexity index is 1060. The number of rotatable bonds is 6. The molecule has 2 N–H and O–H groups in total. The van der Waals surface area contributed by atoms with Gasteiger partial charge in [0, 0.05) is 6.61 Å². The largest absolute Gasteiger partial charge is 0.481 e. The topological polar surface area (TPSA) is 93.1 Å². The average molecular weight is 589 g/mol. The third kappa shape index (κ3) is 4.45. The van der Waals surface area contributed by atoms with Crippen LogP contribution in [0, 0.1) is 68.0 Å². The molecule has 0 aromatic rings. The van der Waals surface area contributed by atoms with E-state index in [1.165, 1.54) is 12.8 Å². The van der Waals surface area contributed by atoms with Crippen LogP contribution in [-0.4, -0.2) is 41.7 Å². The average Bonchev–Trinajstić information content (AvgIpc) is 3.30. The first-order valence-corrected chi connectivity index (χ1v) is 17.0. The second kappa shape index (κ2) is 10.5. The third-order valence-corrected chi connectivity index (χ3v) is 14.9. The van der Waals surface area contributed by atoms with E-state index in [-0.39, 0.29) is 59.0 Å². The Morgan fingerprint density at radius 1 is 0.857 bits per heavy atom. The molecule has 5 fully saturated rings. The highest BCUT2D eigenvalue weighted by Gasteiger charge is 2.72. The van der Waals surface area contributed by atoms with Crippen molar-refractivity contribution >= 4 is 11.9 Å². The van der Waals surface area contributed by atoms with Gasteiger partial charge in [-0.05, 0) is 142 Å². The zero-order valence-corrected chi connectivity index (χ0v) is 28.1. The van der Waals surface area contributed by atoms with E-state index in [0.717, 1.165) is 51.4 Å². The molecule has 11 atom stereocenters. The van der Waals surface area contributed by atoms with Gasteiger partial charge in [0.15, 0.2) is 6.79 Å². The molecule has 5 saturated carbocycles. The first-order chi connectivity index (χ1) is 19.4. The van der Waals surface area contributed by atoms with Gasteiger partial charge < -0.3 is 19.7 Å². The predicted octanol–water partition coefficient (Wildman–Crippen LogP) is 7.71. The maximum absolute atomic E-state index is 13.0. The minimum Gasteiger partial charge on any atom is -0.481 e. The molecule has 0 amide bonds. The maximum Gasteiger partial charge on any atom is 0.313 e. The molecule has 42 heavy (non-hydrogen) atoms. The number of aliphatic hydroxyl groups excluding tert-OH is 1. The number of carbonyl (C=O) groups is 2. The van der Waals surface area contributed by atoms with Crippen LogP contribution < -0.4 is 0 Å². The van der Waals surface area contributed by atoms with E-state index in [0.29, 0.717) is 23.7 Å². The monoisotopic (exact) mass is 588 g/mol. The molecule has 5 rings (SSSR count). The van der Waals surface area contributed by atoms with Gasteiger partial charge in [0.2, 0.25) is 0 Å². The summed E-state index contributed by atoms with van der Waals surface area (Å²) in [5.74, 6) is 1.31. The summed E-state index contributed by atoms with van der Waals surface area (Å²) in [6.45, 7) is 20.4. The van der Waals surface area contributed by atoms with Gasteiger partial charge in [0.25, 0.3) is 0 Å². The highest BCUT2D eigenvalue weighted by molar-refractivity contribution is 5.76. The van der Waals surface area contributed by atoms with Crippen LogP contribution in [0.3, 0.4) is 0 Å². The molecule has 0 saturated heterocycles. The summed E-state index contributed by atoms with van der Waals surface area (Å²) in [4.78, 5) is 25.3. The smallest absolute Gasteiger partial charge is 0.313 e. The zero-order chi connectivity index (χ0) is 31.1. The summed E-state index contributed by atoms with van der Waals surface area (Å²) >= 11 is 0. The van der Waals surface area contributed by atoms with Crippen LogP contribution in [0.5, 0.6) is 0 Å². The Morgan fingerprint density at radius 3 is 2.17 bits per heavy atom. The molecule has 0 bridgehead atoms. The van der Waals surface area contributed by atoms with Gasteiger partial charge >= 0.3 is 11.9 Å². The van der Waals surface area contributed by atoms with E-state index in [1.807, 2.05) is 20.8 Å². The molecule has 5 aliphatic rings. The quantitative estimate of drug-likeness (QED) is 0.244. The Morgan fingerprint density at radius 2 is 1.55 bits per heavy atom. The Labute approximate surface area is 255 Å². The van der Waals surface area contributed by atoms with Crippen molar-refractivity contribution in [1.82, 2.24) is 0 Å². The van der Waals surface area contributed by atoms with Crippen molar-refractivity contribution in [3.8, 4) is 0 Å². The van der Waals surface area contributed by atoms with Crippen LogP contribution in [0.1, 0.15) is 127 Å². The van der Waals surface area contributed by atoms with Gasteiger partial charge in [0.05, 0.1) is 16.9 Å². The van der Waals surface area contributed by atoms with Crippen LogP contribution in [0.4, 0.5) is 0 Å². The van der Waals surface area contributed by atoms with Crippen LogP contribution in [-0.2, 0) is 19.1 Å². The minimum absolute atomic E-state index is 0.0225. The molecule has 0 aliphatic heterocycles. The number of hydrogen-bond donors (Lipinski definition) is 2. The predicted molar refractivity (Wildman–Crippen MR) is 163 cm³/mol. The van der Waals surface area contributed by atoms with Gasteiger partial charge in [-0.2, -0.15) is 0 Å². The first-order valence-electron chi connectivity index (χ1n) is 17.0. The van der Waals surface area contributed by atoms with Crippen LogP contribution in [0.25, 0.3) is 0 Å². The molecule has 240 valence electrons. The molecule has 0 aromatic heterocycles. The van der Waals surface area contributed by atoms with Gasteiger partial charge in [-0.15, -0.1) is 0 Å². The molecule has 5 aliphatic carbocycles. The Hall–Kier alpha value is -1.14. The van der Waals surface area contributed by atoms with Crippen LogP contribution in [0.2, 0.25) is 0 Å². The summed E-state index contributed by atoms with van der Waals surface area (Å²) in [7, 11) is 0. The Kier molecular flexibility index (Phi) is 8.03. The molecule has 0 radical (unpaired) electrons. The number of aliphatic hydroxyl groups is 1. The van der Waals surface area contributed by atoms with Gasteiger partial charge in [0.1, 0.15) is 0 Å². The van der Waals surface area contributed by atoms with Crippen molar-refractivity contribution in [2.24, 2.45) is 68.0 Å². The molecule has 6 nitrogen and oxygen atoms in total. The maximum atomic E-state index is 13.0. The van der Waals surface area contributed by atoms with E-state index in [9.17, 15) is 19.8 Å². The van der Waals surface area contributed by atoms with E-state index in [2.05, 4.69) is 41.5 Å². The number of hydrogen-bond acceptors (Lipinski definition) is 5. The summed E-state index contributed by atoms with van der Waals surface area (Å²) in [6.07, 6.45) is 10.3. The zero-order valence-electron chi connectivity index (χ0n) is 28.1. The van der Waals surface area contributed by atoms with E-state index in [4.69, 9.17) is 9.47 Å². The second-order valence-corrected chi connectivity index (χ2v) is 17.8. The first kappa shape index (κ1) is 32.3. The lowest BCUT2D eigenvalue weighted by Crippen LogP contribution is -2.67. The van der Waals surface area contributed by atoms with Crippen molar-refractivity contribution < 1.29 is 29.3 Å². The van der Waals surface area contributed by atoms with Gasteiger partial charge in [-0.3, -0.25) is 9.59 Å². The number of fused-ring (bicyclic) bond motifs is 7. The SMILES string of the molecule is CC(CO)C1CC[C@]2(C(=O)O)CC[C@]3(C)C(CCC4[C@@]5(C)CC[C@H](OCOC(=O)C(C)(C)C)C(C)(C)C5CC[C@]43C)C12. The van der Waals surface area contributed by atoms with Crippen molar-refractivity contribution in [3.63, 3.8) is 0 Å². The number of ether oxygens (including phenoxy) is 2. The van der Waals surface area contributed by atoms with Gasteiger partial charge in [-0.25, -0.2) is 0 Å². The second-order valence-electron chi connectivity index (χ2n) is 17.8. The third-order valence-electron chi connectivity index (χ3n) is 14.9. The molecule has 0 heterocycles. The fourth-order valence-corrected chi connectivity index (χ4v) is 12.4. The van der Waals surface area contributed by atoms with Crippen molar-refractivity contribution in [3.05, 3.63) is 0 Å². The number of carboxylic acid groups (broad SMARTS) is 1. The summed E-state index contributed by atoms with van der Waals surface area (Å²) in [6, 6.07) is 0. The molecular formula is C36H60O6. The fourth-order valence-electron chi connectivity index (χ4n) is 12.4. The summed E-state index contributed by atoms with van der Waals surface area (Å²) < 4.78 is 11.8. The summed E-state index contributed by atoms with van der Waals surface area (Å²) in [5, 5.41) is 20.8. The summed E-state index contributed by atoms with van der Waals surface area (Å²) in [5.41, 5.74) is -0.724. The molecular weight excluding hydrogens is 528 g/mol. The number of aliphatic carboxylic acids is 1. The van der Waals surface area contributed by atoms with Crippen LogP contribution >= 0.6 is 0 Å². The van der Waals surface area contributed by atoms with Crippen molar-refractivity contribution in [1.29, 1.82) is 0 Å². The highest BCUT2D eigenvalue weighted by Crippen LogP contribution is 2.77. The van der Waals surface area contributed by atoms with Crippen molar-refractivity contribution in [2.45, 2.75) is 133 Å². The van der Waals surface area contributed by atoms with E-state index < -0.39 is 16.8 Å². The van der Waals surface area contributed by atoms with E-state index in [1.54, 1.807) is 0 Å². The molecule has 6 heteroatoms. The van der Waals surface area contributed by atoms with Crippen molar-refractivity contribution in [2.75, 3.05) is 13.4 Å². The van der Waals surface area contributed by atoms with E-state index >= 15 is 0 Å². The van der Waals surface area contributed by atoms with Crippen LogP contribution in [0.15, 0.2) is 0 Å². The highest BCUT2D eigenvalue weighted by atomic mass is 16.7. The lowest BCUT2D eigenvalue weighted by Gasteiger charge is -2.73. The van der Waals surface area contributed by atoms with Gasteiger partial charge in [-0.1, -0.05) is 41.5 Å². The lowest BCUT2D eigenvalue weighted by atomic mass is 9.32. The minimum atomic E-state index is -0.615. The number of carboxylic acids is 1. The number of esters is 1. The number of carbonyl (C=O) groups excluding carboxylic acids is 1. The molecule has 6 unspecified atom stereocenters. The normalized spacial score (nSPS) is 46.9. The molecule has 0 spiro atoms. The fraction of sp³-hybridized carbons (Fsp3) is 0.944. The molecule has 0 aromatic carbocycles. The Balaban J connectivity index is 1.40. The standard InChI is InChI=1S/C36H60O6/c1-22(20-37)23-12-17-36(29(38)39)19-18-34(8)24(28(23)36)10-11-26-33(7)15-14-27(41-21-42-30(40)31(2,3)4)32(5,6)25(33)13-16-35(26,34)9/h22-28,37H,10-21H2,1-9H3,(H,38,39)/t22?,23?,24?,25?,26?,27-,28?,33-,34+,35+,36-/m0/s1.